The largest absolute Gasteiger partial charge is 0.369 e. The normalized spacial score (nSPS) is 22.8. The summed E-state index contributed by atoms with van der Waals surface area (Å²) in [7, 11) is 0. The molecule has 92 valence electrons. The molecule has 6 heteroatoms. The molecule has 5 nitrogen and oxygen atoms in total. The predicted octanol–water partition coefficient (Wildman–Crippen LogP) is 1.64. The summed E-state index contributed by atoms with van der Waals surface area (Å²) in [6.45, 7) is 0.278. The Morgan fingerprint density at radius 2 is 2.22 bits per heavy atom. The van der Waals surface area contributed by atoms with Crippen molar-refractivity contribution in [3.8, 4) is 0 Å². The second kappa shape index (κ2) is 4.10. The van der Waals surface area contributed by atoms with Gasteiger partial charge >= 0.3 is 0 Å². The average molecular weight is 264 g/mol. The van der Waals surface area contributed by atoms with Gasteiger partial charge in [0.25, 0.3) is 0 Å². The fourth-order valence-corrected chi connectivity index (χ4v) is 2.44. The van der Waals surface area contributed by atoms with Crippen LogP contribution in [-0.4, -0.2) is 17.3 Å². The zero-order valence-electron chi connectivity index (χ0n) is 9.61. The average Bonchev–Trinajstić information content (AvgIpc) is 2.44. The Balaban J connectivity index is 2.09. The van der Waals surface area contributed by atoms with E-state index in [0.717, 1.165) is 32.3 Å². The number of nitroso groups, excluding NO2 is 1. The second-order valence-corrected chi connectivity index (χ2v) is 4.87. The van der Waals surface area contributed by atoms with Crippen LogP contribution in [0.1, 0.15) is 12.8 Å². The van der Waals surface area contributed by atoms with Gasteiger partial charge in [0.15, 0.2) is 5.96 Å². The van der Waals surface area contributed by atoms with Gasteiger partial charge in [0.05, 0.1) is 11.3 Å². The van der Waals surface area contributed by atoms with Crippen molar-refractivity contribution >= 4 is 17.6 Å². The molecule has 0 aromatic carbocycles. The standard InChI is InChI=1S/C12H12ClN4O/c13-9-1-2-11-7(3-9)4-10-8(6-17(11)18)5-15-12(14)16-10/h3-5H,1-2,6H2,(H3,14,15,16)/q+1. The van der Waals surface area contributed by atoms with Gasteiger partial charge in [0, 0.05) is 32.9 Å². The molecular weight excluding hydrogens is 252 g/mol. The van der Waals surface area contributed by atoms with Crippen molar-refractivity contribution in [1.29, 1.82) is 0 Å². The molecule has 0 unspecified atom stereocenters. The maximum Gasteiger partial charge on any atom is 0.240 e. The summed E-state index contributed by atoms with van der Waals surface area (Å²) < 4.78 is 1.00. The van der Waals surface area contributed by atoms with Gasteiger partial charge in [0.2, 0.25) is 12.2 Å². The van der Waals surface area contributed by atoms with Gasteiger partial charge in [-0.2, -0.15) is 0 Å². The molecule has 3 aliphatic rings. The third kappa shape index (κ3) is 1.86. The Hall–Kier alpha value is -1.88. The number of rotatable bonds is 0. The molecule has 0 aromatic heterocycles. The molecule has 0 spiro atoms. The first-order valence-corrected chi connectivity index (χ1v) is 6.06. The third-order valence-corrected chi connectivity index (χ3v) is 3.43. The Labute approximate surface area is 109 Å². The predicted molar refractivity (Wildman–Crippen MR) is 69.6 cm³/mol. The summed E-state index contributed by atoms with van der Waals surface area (Å²) in [5, 5.41) is 3.74. The van der Waals surface area contributed by atoms with Crippen molar-refractivity contribution < 1.29 is 4.76 Å². The Bertz CT molecular complexity index is 595. The van der Waals surface area contributed by atoms with Crippen LogP contribution in [0, 0.1) is 4.91 Å². The first-order valence-electron chi connectivity index (χ1n) is 5.69. The molecule has 0 fully saturated rings. The first-order chi connectivity index (χ1) is 8.63. The van der Waals surface area contributed by atoms with Crippen LogP contribution in [0.25, 0.3) is 0 Å². The summed E-state index contributed by atoms with van der Waals surface area (Å²) in [6, 6.07) is 0. The van der Waals surface area contributed by atoms with Gasteiger partial charge in [-0.3, -0.25) is 0 Å². The summed E-state index contributed by atoms with van der Waals surface area (Å²) >= 11 is 6.04. The van der Waals surface area contributed by atoms with Crippen molar-refractivity contribution in [3.63, 3.8) is 0 Å². The van der Waals surface area contributed by atoms with E-state index in [1.54, 1.807) is 6.20 Å². The highest BCUT2D eigenvalue weighted by atomic mass is 35.5. The molecule has 2 aliphatic heterocycles. The highest BCUT2D eigenvalue weighted by Crippen LogP contribution is 2.31. The van der Waals surface area contributed by atoms with Crippen LogP contribution < -0.4 is 11.1 Å². The summed E-state index contributed by atoms with van der Waals surface area (Å²) in [5.41, 5.74) is 8.89. The Morgan fingerprint density at radius 1 is 1.39 bits per heavy atom. The van der Waals surface area contributed by atoms with E-state index in [9.17, 15) is 4.91 Å². The second-order valence-electron chi connectivity index (χ2n) is 4.38. The van der Waals surface area contributed by atoms with Crippen molar-refractivity contribution in [3.05, 3.63) is 50.8 Å². The monoisotopic (exact) mass is 263 g/mol. The highest BCUT2D eigenvalue weighted by molar-refractivity contribution is 6.29. The number of halogens is 1. The van der Waals surface area contributed by atoms with Crippen LogP contribution in [0.2, 0.25) is 0 Å². The fraction of sp³-hybridized carbons (Fsp3) is 0.250. The number of nitrogens with zero attached hydrogens (tertiary/aromatic N) is 2. The topological polar surface area (TPSA) is 70.5 Å². The van der Waals surface area contributed by atoms with Crippen LogP contribution in [-0.2, 0) is 0 Å². The fourth-order valence-electron chi connectivity index (χ4n) is 2.23. The summed E-state index contributed by atoms with van der Waals surface area (Å²) in [6.07, 6.45) is 6.76. The molecule has 0 aromatic rings. The lowest BCUT2D eigenvalue weighted by atomic mass is 10.0. The van der Waals surface area contributed by atoms with Crippen molar-refractivity contribution in [2.75, 3.05) is 6.54 Å². The summed E-state index contributed by atoms with van der Waals surface area (Å²) in [5.74, 6) is 0.331. The molecule has 0 bridgehead atoms. The zero-order chi connectivity index (χ0) is 12.7. The van der Waals surface area contributed by atoms with Gasteiger partial charge in [-0.1, -0.05) is 11.6 Å². The number of aliphatic imine (C=N–C) groups is 1. The molecule has 3 rings (SSSR count). The van der Waals surface area contributed by atoms with E-state index in [0.29, 0.717) is 18.8 Å². The van der Waals surface area contributed by atoms with E-state index in [1.807, 2.05) is 12.2 Å². The van der Waals surface area contributed by atoms with E-state index in [4.69, 9.17) is 17.3 Å². The quantitative estimate of drug-likeness (QED) is 0.653. The number of fused-ring (bicyclic) bond motifs is 1. The number of allylic oxidation sites excluding steroid dienone is 5. The molecule has 1 aliphatic carbocycles. The maximum absolute atomic E-state index is 12.1. The maximum atomic E-state index is 12.1. The Morgan fingerprint density at radius 3 is 3.06 bits per heavy atom. The number of guanidine groups is 1. The van der Waals surface area contributed by atoms with Gasteiger partial charge in [-0.15, -0.1) is 0 Å². The SMILES string of the molecule is NC1=NC=C2C[N+](=O)C3=C(C=C(Cl)CC3)C=C2N1. The highest BCUT2D eigenvalue weighted by Gasteiger charge is 2.31. The van der Waals surface area contributed by atoms with Crippen LogP contribution in [0.3, 0.4) is 0 Å². The van der Waals surface area contributed by atoms with Gasteiger partial charge in [-0.25, -0.2) is 4.99 Å². The first kappa shape index (κ1) is 11.2. The zero-order valence-corrected chi connectivity index (χ0v) is 10.4. The van der Waals surface area contributed by atoms with Crippen LogP contribution in [0.5, 0.6) is 0 Å². The van der Waals surface area contributed by atoms with Gasteiger partial charge in [-0.05, 0) is 18.6 Å². The van der Waals surface area contributed by atoms with Crippen molar-refractivity contribution in [1.82, 2.24) is 5.32 Å². The van der Waals surface area contributed by atoms with Crippen molar-refractivity contribution in [2.24, 2.45) is 10.7 Å². The molecule has 0 amide bonds. The van der Waals surface area contributed by atoms with Crippen LogP contribution >= 0.6 is 11.6 Å². The minimum atomic E-state index is 0.278. The molecular formula is C12H12ClN4O+. The lowest BCUT2D eigenvalue weighted by Gasteiger charge is -2.13. The van der Waals surface area contributed by atoms with E-state index < -0.39 is 0 Å². The van der Waals surface area contributed by atoms with E-state index >= 15 is 0 Å². The number of hydrogen-bond donors (Lipinski definition) is 2. The molecule has 0 saturated heterocycles. The lowest BCUT2D eigenvalue weighted by Crippen LogP contribution is -2.34. The van der Waals surface area contributed by atoms with Crippen LogP contribution in [0.4, 0.5) is 0 Å². The molecule has 0 saturated carbocycles. The smallest absolute Gasteiger partial charge is 0.240 e. The van der Waals surface area contributed by atoms with E-state index in [2.05, 4.69) is 10.3 Å². The van der Waals surface area contributed by atoms with Gasteiger partial charge < -0.3 is 11.1 Å². The Kier molecular flexibility index (Phi) is 2.56. The number of nitrogens with two attached hydrogens (primary N) is 1. The molecule has 0 atom stereocenters. The number of hydrogen-bond acceptors (Lipinski definition) is 4. The molecule has 3 N–H and O–H groups in total. The number of nitrogens with one attached hydrogen (secondary N) is 1. The van der Waals surface area contributed by atoms with Crippen LogP contribution in [0.15, 0.2) is 50.9 Å². The molecule has 0 radical (unpaired) electrons. The minimum absolute atomic E-state index is 0.278. The molecule has 18 heavy (non-hydrogen) atoms. The van der Waals surface area contributed by atoms with E-state index in [1.165, 1.54) is 0 Å². The van der Waals surface area contributed by atoms with Gasteiger partial charge in [0.1, 0.15) is 0 Å². The third-order valence-electron chi connectivity index (χ3n) is 3.13. The summed E-state index contributed by atoms with van der Waals surface area (Å²) in [4.78, 5) is 16.1. The lowest BCUT2D eigenvalue weighted by molar-refractivity contribution is -0.493. The minimum Gasteiger partial charge on any atom is -0.369 e. The van der Waals surface area contributed by atoms with Crippen molar-refractivity contribution in [2.45, 2.75) is 12.8 Å². The molecule has 2 heterocycles. The van der Waals surface area contributed by atoms with E-state index in [-0.39, 0.29) is 6.54 Å².